The van der Waals surface area contributed by atoms with Gasteiger partial charge in [0.05, 0.1) is 0 Å². The van der Waals surface area contributed by atoms with Gasteiger partial charge in [0, 0.05) is 36.3 Å². The molecule has 1 heterocycles. The quantitative estimate of drug-likeness (QED) is 0.836. The zero-order chi connectivity index (χ0) is 18.5. The lowest BCUT2D eigenvalue weighted by Crippen LogP contribution is -2.24. The number of aliphatic carboxylic acids is 1. The fourth-order valence-electron chi connectivity index (χ4n) is 2.95. The van der Waals surface area contributed by atoms with E-state index in [0.29, 0.717) is 30.6 Å². The Bertz CT molecular complexity index is 830. The van der Waals surface area contributed by atoms with Crippen LogP contribution >= 0.6 is 0 Å². The summed E-state index contributed by atoms with van der Waals surface area (Å²) in [6.45, 7) is 0.682. The number of amides is 2. The van der Waals surface area contributed by atoms with Crippen LogP contribution in [-0.4, -0.2) is 29.4 Å². The van der Waals surface area contributed by atoms with E-state index in [4.69, 9.17) is 5.11 Å². The highest BCUT2D eigenvalue weighted by molar-refractivity contribution is 6.05. The third-order valence-electron chi connectivity index (χ3n) is 4.33. The van der Waals surface area contributed by atoms with Gasteiger partial charge in [-0.1, -0.05) is 18.2 Å². The van der Waals surface area contributed by atoms with Crippen molar-refractivity contribution >= 4 is 29.2 Å². The second kappa shape index (κ2) is 7.82. The van der Waals surface area contributed by atoms with Gasteiger partial charge in [-0.15, -0.1) is 0 Å². The smallest absolute Gasteiger partial charge is 0.303 e. The Balaban J connectivity index is 1.66. The Morgan fingerprint density at radius 3 is 2.54 bits per heavy atom. The monoisotopic (exact) mass is 352 g/mol. The van der Waals surface area contributed by atoms with Crippen LogP contribution in [0.4, 0.5) is 11.4 Å². The molecule has 0 saturated carbocycles. The zero-order valence-corrected chi connectivity index (χ0v) is 14.3. The molecule has 0 spiro atoms. The van der Waals surface area contributed by atoms with Crippen LogP contribution in [0.5, 0.6) is 0 Å². The number of carboxylic acid groups (broad SMARTS) is 1. The molecule has 1 saturated heterocycles. The Morgan fingerprint density at radius 2 is 1.88 bits per heavy atom. The highest BCUT2D eigenvalue weighted by Gasteiger charge is 2.22. The summed E-state index contributed by atoms with van der Waals surface area (Å²) >= 11 is 0. The number of rotatable bonds is 6. The van der Waals surface area contributed by atoms with Gasteiger partial charge in [-0.05, 0) is 48.7 Å². The second-order valence-electron chi connectivity index (χ2n) is 6.24. The first kappa shape index (κ1) is 17.7. The Kier molecular flexibility index (Phi) is 5.31. The molecule has 0 unspecified atom stereocenters. The van der Waals surface area contributed by atoms with E-state index in [1.54, 1.807) is 47.4 Å². The minimum absolute atomic E-state index is 0.0771. The van der Waals surface area contributed by atoms with Gasteiger partial charge in [0.1, 0.15) is 0 Å². The van der Waals surface area contributed by atoms with Crippen LogP contribution in [0.3, 0.4) is 0 Å². The number of carbonyl (C=O) groups is 3. The summed E-state index contributed by atoms with van der Waals surface area (Å²) in [6, 6.07) is 14.1. The topological polar surface area (TPSA) is 86.7 Å². The van der Waals surface area contributed by atoms with Crippen LogP contribution < -0.4 is 10.2 Å². The molecule has 2 amide bonds. The predicted molar refractivity (Wildman–Crippen MR) is 98.4 cm³/mol. The molecule has 0 radical (unpaired) electrons. The molecule has 6 heteroatoms. The Hall–Kier alpha value is -3.15. The fraction of sp³-hybridized carbons (Fsp3) is 0.250. The molecule has 2 aromatic carbocycles. The molecule has 134 valence electrons. The molecule has 6 nitrogen and oxygen atoms in total. The summed E-state index contributed by atoms with van der Waals surface area (Å²) in [4.78, 5) is 36.6. The molecule has 3 rings (SSSR count). The summed E-state index contributed by atoms with van der Waals surface area (Å²) in [6.07, 6.45) is 1.91. The van der Waals surface area contributed by atoms with Crippen molar-refractivity contribution in [3.63, 3.8) is 0 Å². The van der Waals surface area contributed by atoms with Gasteiger partial charge in [0.15, 0.2) is 0 Å². The van der Waals surface area contributed by atoms with Crippen molar-refractivity contribution < 1.29 is 19.5 Å². The van der Waals surface area contributed by atoms with Crippen LogP contribution in [0, 0.1) is 0 Å². The number of nitrogens with zero attached hydrogens (tertiary/aromatic N) is 1. The molecule has 1 fully saturated rings. The molecule has 1 aliphatic heterocycles. The van der Waals surface area contributed by atoms with E-state index in [-0.39, 0.29) is 18.2 Å². The van der Waals surface area contributed by atoms with Crippen LogP contribution in [0.2, 0.25) is 0 Å². The van der Waals surface area contributed by atoms with E-state index in [0.717, 1.165) is 17.7 Å². The lowest BCUT2D eigenvalue weighted by Gasteiger charge is -2.16. The normalized spacial score (nSPS) is 13.7. The van der Waals surface area contributed by atoms with Gasteiger partial charge in [-0.2, -0.15) is 0 Å². The number of anilines is 2. The number of benzene rings is 2. The molecule has 26 heavy (non-hydrogen) atoms. The average Bonchev–Trinajstić information content (AvgIpc) is 3.07. The molecule has 0 aromatic heterocycles. The average molecular weight is 352 g/mol. The molecule has 0 bridgehead atoms. The molecular weight excluding hydrogens is 332 g/mol. The summed E-state index contributed by atoms with van der Waals surface area (Å²) in [5, 5.41) is 11.5. The maximum absolute atomic E-state index is 12.5. The van der Waals surface area contributed by atoms with Crippen molar-refractivity contribution in [1.82, 2.24) is 0 Å². The SMILES string of the molecule is O=C(O)CCc1ccc(NC(=O)c2cccc(N3CCCC3=O)c2)cc1. The van der Waals surface area contributed by atoms with Gasteiger partial charge >= 0.3 is 5.97 Å². The first-order valence-electron chi connectivity index (χ1n) is 8.55. The van der Waals surface area contributed by atoms with Gasteiger partial charge < -0.3 is 15.3 Å². The Morgan fingerprint density at radius 1 is 1.12 bits per heavy atom. The van der Waals surface area contributed by atoms with Crippen molar-refractivity contribution in [2.75, 3.05) is 16.8 Å². The van der Waals surface area contributed by atoms with Crippen molar-refractivity contribution in [2.24, 2.45) is 0 Å². The zero-order valence-electron chi connectivity index (χ0n) is 14.3. The summed E-state index contributed by atoms with van der Waals surface area (Å²) in [7, 11) is 0. The molecule has 1 aliphatic rings. The molecular formula is C20H20N2O4. The van der Waals surface area contributed by atoms with Crippen LogP contribution in [0.25, 0.3) is 0 Å². The number of carboxylic acids is 1. The van der Waals surface area contributed by atoms with Crippen LogP contribution in [-0.2, 0) is 16.0 Å². The first-order chi connectivity index (χ1) is 12.5. The highest BCUT2D eigenvalue weighted by atomic mass is 16.4. The third-order valence-corrected chi connectivity index (χ3v) is 4.33. The summed E-state index contributed by atoms with van der Waals surface area (Å²) in [5.74, 6) is -1.00. The van der Waals surface area contributed by atoms with E-state index >= 15 is 0 Å². The molecule has 2 N–H and O–H groups in total. The molecule has 2 aromatic rings. The van der Waals surface area contributed by atoms with E-state index < -0.39 is 5.97 Å². The second-order valence-corrected chi connectivity index (χ2v) is 6.24. The standard InChI is InChI=1S/C20H20N2O4/c23-18-5-2-12-22(18)17-4-1-3-15(13-17)20(26)21-16-9-6-14(7-10-16)8-11-19(24)25/h1,3-4,6-7,9-10,13H,2,5,8,11-12H2,(H,21,26)(H,24,25). The predicted octanol–water partition coefficient (Wildman–Crippen LogP) is 3.08. The van der Waals surface area contributed by atoms with Gasteiger partial charge in [-0.25, -0.2) is 0 Å². The van der Waals surface area contributed by atoms with Gasteiger partial charge in [-0.3, -0.25) is 14.4 Å². The van der Waals surface area contributed by atoms with E-state index in [9.17, 15) is 14.4 Å². The lowest BCUT2D eigenvalue weighted by atomic mass is 10.1. The number of aryl methyl sites for hydroxylation is 1. The number of hydrogen-bond acceptors (Lipinski definition) is 3. The molecule has 0 aliphatic carbocycles. The Labute approximate surface area is 151 Å². The van der Waals surface area contributed by atoms with Crippen LogP contribution in [0.15, 0.2) is 48.5 Å². The van der Waals surface area contributed by atoms with Gasteiger partial charge in [0.25, 0.3) is 5.91 Å². The number of carbonyl (C=O) groups excluding carboxylic acids is 2. The summed E-state index contributed by atoms with van der Waals surface area (Å²) < 4.78 is 0. The number of nitrogens with one attached hydrogen (secondary N) is 1. The minimum atomic E-state index is -0.834. The van der Waals surface area contributed by atoms with E-state index in [1.165, 1.54) is 0 Å². The van der Waals surface area contributed by atoms with Crippen molar-refractivity contribution in [3.05, 3.63) is 59.7 Å². The first-order valence-corrected chi connectivity index (χ1v) is 8.55. The maximum atomic E-state index is 12.5. The maximum Gasteiger partial charge on any atom is 0.303 e. The van der Waals surface area contributed by atoms with E-state index in [1.807, 2.05) is 6.07 Å². The molecule has 0 atom stereocenters. The van der Waals surface area contributed by atoms with Crippen molar-refractivity contribution in [2.45, 2.75) is 25.7 Å². The van der Waals surface area contributed by atoms with Crippen molar-refractivity contribution in [1.29, 1.82) is 0 Å². The van der Waals surface area contributed by atoms with Gasteiger partial charge in [0.2, 0.25) is 5.91 Å². The highest BCUT2D eigenvalue weighted by Crippen LogP contribution is 2.23. The number of hydrogen-bond donors (Lipinski definition) is 2. The van der Waals surface area contributed by atoms with Crippen LogP contribution in [0.1, 0.15) is 35.2 Å². The van der Waals surface area contributed by atoms with E-state index in [2.05, 4.69) is 5.32 Å². The minimum Gasteiger partial charge on any atom is -0.481 e. The largest absolute Gasteiger partial charge is 0.481 e. The van der Waals surface area contributed by atoms with Crippen molar-refractivity contribution in [3.8, 4) is 0 Å². The fourth-order valence-corrected chi connectivity index (χ4v) is 2.95. The lowest BCUT2D eigenvalue weighted by molar-refractivity contribution is -0.137. The third kappa shape index (κ3) is 4.27. The summed E-state index contributed by atoms with van der Waals surface area (Å²) in [5.41, 5.74) is 2.76.